The zero-order valence-electron chi connectivity index (χ0n) is 7.77. The number of thiophene rings is 1. The van der Waals surface area contributed by atoms with Gasteiger partial charge in [0.05, 0.1) is 15.0 Å². The maximum atomic E-state index is 11.9. The largest absolute Gasteiger partial charge is 0.248 e. The lowest BCUT2D eigenvalue weighted by Crippen LogP contribution is -1.89. The Morgan fingerprint density at radius 1 is 1.14 bits per heavy atom. The van der Waals surface area contributed by atoms with Crippen LogP contribution in [0.15, 0.2) is 50.9 Å². The van der Waals surface area contributed by atoms with E-state index in [4.69, 9.17) is 0 Å². The third kappa shape index (κ3) is 1.94. The zero-order valence-corrected chi connectivity index (χ0v) is 9.40. The SMILES string of the molecule is Cc1ccc([S@](=O)c2cccs2)cc1. The average molecular weight is 222 g/mol. The van der Waals surface area contributed by atoms with Crippen LogP contribution in [0.5, 0.6) is 0 Å². The minimum absolute atomic E-state index is 0.873. The standard InChI is InChI=1S/C11H10OS2/c1-9-4-6-10(7-5-9)14(12)11-3-2-8-13-11/h2-8H,1H3/t14-/m0/s1. The molecule has 0 radical (unpaired) electrons. The number of hydrogen-bond acceptors (Lipinski definition) is 2. The molecule has 0 bridgehead atoms. The van der Waals surface area contributed by atoms with E-state index >= 15 is 0 Å². The summed E-state index contributed by atoms with van der Waals surface area (Å²) in [6.45, 7) is 2.03. The van der Waals surface area contributed by atoms with Crippen molar-refractivity contribution in [3.05, 3.63) is 47.3 Å². The van der Waals surface area contributed by atoms with Crippen LogP contribution in [0.2, 0.25) is 0 Å². The molecule has 0 aliphatic heterocycles. The highest BCUT2D eigenvalue weighted by atomic mass is 32.2. The molecule has 0 N–H and O–H groups in total. The van der Waals surface area contributed by atoms with E-state index in [9.17, 15) is 4.21 Å². The van der Waals surface area contributed by atoms with Gasteiger partial charge in [-0.15, -0.1) is 11.3 Å². The minimum atomic E-state index is -1.01. The number of hydrogen-bond donors (Lipinski definition) is 0. The van der Waals surface area contributed by atoms with Crippen molar-refractivity contribution in [3.8, 4) is 0 Å². The van der Waals surface area contributed by atoms with Gasteiger partial charge in [-0.25, -0.2) is 4.21 Å². The van der Waals surface area contributed by atoms with E-state index in [1.54, 1.807) is 0 Å². The summed E-state index contributed by atoms with van der Waals surface area (Å²) in [6.07, 6.45) is 0. The Kier molecular flexibility index (Phi) is 2.79. The molecule has 1 nitrogen and oxygen atoms in total. The first-order valence-electron chi connectivity index (χ1n) is 4.29. The summed E-state index contributed by atoms with van der Waals surface area (Å²) >= 11 is 1.53. The van der Waals surface area contributed by atoms with Crippen LogP contribution in [0.3, 0.4) is 0 Å². The normalized spacial score (nSPS) is 12.6. The highest BCUT2D eigenvalue weighted by Crippen LogP contribution is 2.20. The first kappa shape index (κ1) is 9.62. The van der Waals surface area contributed by atoms with Crippen molar-refractivity contribution in [2.75, 3.05) is 0 Å². The Labute approximate surface area is 89.9 Å². The Morgan fingerprint density at radius 3 is 2.43 bits per heavy atom. The van der Waals surface area contributed by atoms with Crippen molar-refractivity contribution in [3.63, 3.8) is 0 Å². The first-order valence-corrected chi connectivity index (χ1v) is 6.32. The molecular formula is C11H10OS2. The van der Waals surface area contributed by atoms with Gasteiger partial charge in [0.15, 0.2) is 0 Å². The predicted octanol–water partition coefficient (Wildman–Crippen LogP) is 3.22. The van der Waals surface area contributed by atoms with Gasteiger partial charge in [0.1, 0.15) is 0 Å². The summed E-state index contributed by atoms with van der Waals surface area (Å²) in [4.78, 5) is 0.873. The Morgan fingerprint density at radius 2 is 1.86 bits per heavy atom. The quantitative estimate of drug-likeness (QED) is 0.762. The fourth-order valence-electron chi connectivity index (χ4n) is 1.15. The predicted molar refractivity (Wildman–Crippen MR) is 60.2 cm³/mol. The van der Waals surface area contributed by atoms with Gasteiger partial charge in [-0.3, -0.25) is 0 Å². The van der Waals surface area contributed by atoms with Gasteiger partial charge in [-0.05, 0) is 30.5 Å². The molecule has 0 spiro atoms. The Balaban J connectivity index is 2.33. The second-order valence-electron chi connectivity index (χ2n) is 3.01. The van der Waals surface area contributed by atoms with Gasteiger partial charge < -0.3 is 0 Å². The molecule has 0 unspecified atom stereocenters. The fourth-order valence-corrected chi connectivity index (χ4v) is 3.22. The molecule has 0 aliphatic carbocycles. The van der Waals surface area contributed by atoms with Gasteiger partial charge in [0.2, 0.25) is 0 Å². The van der Waals surface area contributed by atoms with Gasteiger partial charge in [-0.1, -0.05) is 23.8 Å². The average Bonchev–Trinajstić information content (AvgIpc) is 2.71. The van der Waals surface area contributed by atoms with Crippen molar-refractivity contribution >= 4 is 22.1 Å². The monoisotopic (exact) mass is 222 g/mol. The molecule has 2 rings (SSSR count). The Bertz CT molecular complexity index is 429. The van der Waals surface area contributed by atoms with Crippen LogP contribution < -0.4 is 0 Å². The van der Waals surface area contributed by atoms with E-state index in [-0.39, 0.29) is 0 Å². The minimum Gasteiger partial charge on any atom is -0.248 e. The number of benzene rings is 1. The van der Waals surface area contributed by atoms with Crippen LogP contribution in [-0.4, -0.2) is 4.21 Å². The molecule has 1 aromatic heterocycles. The zero-order chi connectivity index (χ0) is 9.97. The third-order valence-electron chi connectivity index (χ3n) is 1.91. The summed E-state index contributed by atoms with van der Waals surface area (Å²) in [6, 6.07) is 11.6. The molecule has 14 heavy (non-hydrogen) atoms. The summed E-state index contributed by atoms with van der Waals surface area (Å²) in [5, 5.41) is 1.95. The molecule has 1 atom stereocenters. The van der Waals surface area contributed by atoms with E-state index in [1.807, 2.05) is 48.7 Å². The number of rotatable bonds is 2. The van der Waals surface area contributed by atoms with E-state index in [1.165, 1.54) is 16.9 Å². The molecule has 0 fully saturated rings. The number of aryl methyl sites for hydroxylation is 1. The van der Waals surface area contributed by atoms with Gasteiger partial charge in [0.25, 0.3) is 0 Å². The highest BCUT2D eigenvalue weighted by Gasteiger charge is 2.06. The van der Waals surface area contributed by atoms with Gasteiger partial charge in [-0.2, -0.15) is 0 Å². The Hall–Kier alpha value is -0.930. The molecule has 3 heteroatoms. The van der Waals surface area contributed by atoms with Crippen molar-refractivity contribution in [2.45, 2.75) is 16.0 Å². The third-order valence-corrected chi connectivity index (χ3v) is 4.52. The lowest BCUT2D eigenvalue weighted by molar-refractivity contribution is 0.684. The summed E-state index contributed by atoms with van der Waals surface area (Å²) in [7, 11) is -1.01. The molecule has 2 aromatic rings. The molecule has 0 saturated heterocycles. The molecule has 72 valence electrons. The molecule has 1 aromatic carbocycles. The van der Waals surface area contributed by atoms with Crippen molar-refractivity contribution < 1.29 is 4.21 Å². The maximum absolute atomic E-state index is 11.9. The van der Waals surface area contributed by atoms with Crippen molar-refractivity contribution in [1.29, 1.82) is 0 Å². The fraction of sp³-hybridized carbons (Fsp3) is 0.0909. The molecule has 0 saturated carbocycles. The topological polar surface area (TPSA) is 17.1 Å². The second-order valence-corrected chi connectivity index (χ2v) is 5.67. The lowest BCUT2D eigenvalue weighted by Gasteiger charge is -1.99. The van der Waals surface area contributed by atoms with Gasteiger partial charge in [0, 0.05) is 4.90 Å². The van der Waals surface area contributed by atoms with Gasteiger partial charge >= 0.3 is 0 Å². The van der Waals surface area contributed by atoms with Crippen LogP contribution in [0.25, 0.3) is 0 Å². The summed E-state index contributed by atoms with van der Waals surface area (Å²) < 4.78 is 12.9. The second kappa shape index (κ2) is 4.07. The van der Waals surface area contributed by atoms with Crippen LogP contribution in [-0.2, 0) is 10.8 Å². The highest BCUT2D eigenvalue weighted by molar-refractivity contribution is 7.87. The van der Waals surface area contributed by atoms with Crippen LogP contribution in [0, 0.1) is 6.92 Å². The van der Waals surface area contributed by atoms with Crippen LogP contribution in [0.4, 0.5) is 0 Å². The van der Waals surface area contributed by atoms with Crippen molar-refractivity contribution in [1.82, 2.24) is 0 Å². The maximum Gasteiger partial charge on any atom is 0.0960 e. The van der Waals surface area contributed by atoms with Crippen LogP contribution in [0.1, 0.15) is 5.56 Å². The first-order chi connectivity index (χ1) is 6.77. The van der Waals surface area contributed by atoms with Crippen LogP contribution >= 0.6 is 11.3 Å². The van der Waals surface area contributed by atoms with Crippen molar-refractivity contribution in [2.24, 2.45) is 0 Å². The summed E-state index contributed by atoms with van der Waals surface area (Å²) in [5.41, 5.74) is 1.19. The molecule has 0 amide bonds. The lowest BCUT2D eigenvalue weighted by atomic mass is 10.2. The smallest absolute Gasteiger partial charge is 0.0960 e. The summed E-state index contributed by atoms with van der Waals surface area (Å²) in [5.74, 6) is 0. The van der Waals surface area contributed by atoms with E-state index in [0.717, 1.165) is 9.10 Å². The van der Waals surface area contributed by atoms with E-state index in [2.05, 4.69) is 0 Å². The van der Waals surface area contributed by atoms with E-state index in [0.29, 0.717) is 0 Å². The molecule has 1 heterocycles. The van der Waals surface area contributed by atoms with E-state index < -0.39 is 10.8 Å². The molecule has 0 aliphatic rings. The molecular weight excluding hydrogens is 212 g/mol.